The molecular weight excluding hydrogens is 1610 g/mol. The summed E-state index contributed by atoms with van der Waals surface area (Å²) in [7, 11) is 1.30. The Labute approximate surface area is 751 Å². The number of hydrogen-bond acceptors (Lipinski definition) is 18. The van der Waals surface area contributed by atoms with E-state index in [0.717, 1.165) is 119 Å². The number of halogens is 2. The maximum atomic E-state index is 12.1. The summed E-state index contributed by atoms with van der Waals surface area (Å²) < 4.78 is 30.2. The van der Waals surface area contributed by atoms with Gasteiger partial charge < -0.3 is 60.3 Å². The van der Waals surface area contributed by atoms with Gasteiger partial charge in [0.1, 0.15) is 0 Å². The number of hydrogen-bond donors (Lipinski definition) is 7. The fourth-order valence-corrected chi connectivity index (χ4v) is 17.2. The molecule has 13 rings (SSSR count). The van der Waals surface area contributed by atoms with Gasteiger partial charge in [0.15, 0.2) is 0 Å². The van der Waals surface area contributed by atoms with Crippen molar-refractivity contribution in [3.63, 3.8) is 0 Å². The number of nitrogens with one attached hydrogen (secondary N) is 7. The molecule has 0 bridgehead atoms. The van der Waals surface area contributed by atoms with Gasteiger partial charge in [-0.15, -0.1) is 0 Å². The molecule has 0 saturated heterocycles. The maximum Gasteiger partial charge on any atom is 0.411 e. The molecule has 0 heterocycles. The smallest absolute Gasteiger partial charge is 0.411 e. The molecule has 0 aliphatic heterocycles. The molecule has 0 spiro atoms. The van der Waals surface area contributed by atoms with Gasteiger partial charge in [0.25, 0.3) is 0 Å². The monoisotopic (exact) mass is 1750 g/mol. The van der Waals surface area contributed by atoms with Crippen LogP contribution in [-0.4, -0.2) is 94.1 Å². The summed E-state index contributed by atoms with van der Waals surface area (Å²) in [6, 6.07) is 55.0. The Kier molecular flexibility index (Phi) is 42.7. The Bertz CT molecular complexity index is 4670. The van der Waals surface area contributed by atoms with Crippen molar-refractivity contribution >= 4 is 105 Å². The standard InChI is InChI=1S/2C23H28ClNO2.C23H29NO2.C17H24N2O4.C17H24N2O3/c1-2-27-23(26)20-12-11-19(13-17-7-4-3-5-8-17)22(15-20)25-16-18-9-6-10-21(24)14-18;1-2-27-23(26)20-11-10-19(14-17-6-4-3-5-7-17)22(15-20)25-16-18-8-12-21(24)13-9-18;1-2-26-23(25)21-14-13-20(15-18-9-5-3-6-10-18)22(16-21)24-17-19-11-7-4-8-12-19;1-3-23-16(20)12-9-10-14(15(11-12)19-17(21)22-2)18-13-7-5-4-6-8-13;1-3-22-17(21)13-9-10-15(16(11-13)18-12(2)20)19-14-7-5-4-6-8-14/h6,9-12,14-15,17,25H,2-5,7-8,13,16H2,1H3;8-13,15,17,25H,2-7,14,16H2,1H3;4,7-8,11-14,16,18,24H,2-3,5-6,9-10,15,17H2,1H3;9-11,13,18H,3-8H2,1-2H3,(H,19,21);9-11,14,19H,3-8H2,1-2H3,(H,18,20). The Morgan fingerprint density at radius 2 is 0.624 bits per heavy atom. The van der Waals surface area contributed by atoms with E-state index in [4.69, 9.17) is 46.9 Å². The predicted molar refractivity (Wildman–Crippen MR) is 505 cm³/mol. The molecule has 0 atom stereocenters. The zero-order chi connectivity index (χ0) is 88.9. The Balaban J connectivity index is 0.000000177. The first kappa shape index (κ1) is 98.2. The third-order valence-electron chi connectivity index (χ3n) is 23.4. The van der Waals surface area contributed by atoms with Crippen molar-refractivity contribution < 1.29 is 62.0 Å². The number of methoxy groups -OCH3 is 1. The average Bonchev–Trinajstić information content (AvgIpc) is 0.852. The zero-order valence-electron chi connectivity index (χ0n) is 74.6. The van der Waals surface area contributed by atoms with E-state index in [9.17, 15) is 33.6 Å². The number of esters is 5. The van der Waals surface area contributed by atoms with E-state index in [2.05, 4.69) is 90.5 Å². The van der Waals surface area contributed by atoms with Crippen LogP contribution in [0.15, 0.2) is 170 Å². The number of amides is 2. The molecule has 5 fully saturated rings. The van der Waals surface area contributed by atoms with Crippen molar-refractivity contribution in [2.24, 2.45) is 17.8 Å². The number of ether oxygens (including phenoxy) is 6. The van der Waals surface area contributed by atoms with Crippen LogP contribution >= 0.6 is 23.2 Å². The van der Waals surface area contributed by atoms with Crippen molar-refractivity contribution in [3.05, 3.63) is 241 Å². The molecule has 8 aromatic rings. The lowest BCUT2D eigenvalue weighted by atomic mass is 9.84. The highest BCUT2D eigenvalue weighted by atomic mass is 35.5. The minimum absolute atomic E-state index is 0.160. The fourth-order valence-electron chi connectivity index (χ4n) is 16.8. The van der Waals surface area contributed by atoms with Gasteiger partial charge in [-0.3, -0.25) is 10.1 Å². The Morgan fingerprint density at radius 3 is 0.960 bits per heavy atom. The second kappa shape index (κ2) is 54.3. The predicted octanol–water partition coefficient (Wildman–Crippen LogP) is 25.5. The first-order valence-electron chi connectivity index (χ1n) is 45.7. The van der Waals surface area contributed by atoms with E-state index in [0.29, 0.717) is 97.4 Å². The second-order valence-corrected chi connectivity index (χ2v) is 33.8. The van der Waals surface area contributed by atoms with Crippen molar-refractivity contribution in [3.8, 4) is 0 Å². The summed E-state index contributed by atoms with van der Waals surface area (Å²) >= 11 is 12.1. The number of carbonyl (C=O) groups excluding carboxylic acids is 7. The van der Waals surface area contributed by atoms with Crippen LogP contribution in [0.3, 0.4) is 0 Å². The Hall–Kier alpha value is -10.6. The highest BCUT2D eigenvalue weighted by Gasteiger charge is 2.25. The second-order valence-electron chi connectivity index (χ2n) is 32.9. The molecule has 5 saturated carbocycles. The first-order valence-corrected chi connectivity index (χ1v) is 46.5. The van der Waals surface area contributed by atoms with E-state index in [1.54, 1.807) is 44.2 Å². The summed E-state index contributed by atoms with van der Waals surface area (Å²) in [5, 5.41) is 24.4. The van der Waals surface area contributed by atoms with Gasteiger partial charge >= 0.3 is 35.9 Å². The lowest BCUT2D eigenvalue weighted by molar-refractivity contribution is -0.114. The van der Waals surface area contributed by atoms with Crippen LogP contribution < -0.4 is 37.2 Å². The maximum absolute atomic E-state index is 12.1. The largest absolute Gasteiger partial charge is 0.462 e. The topological polar surface area (TPSA) is 259 Å². The van der Waals surface area contributed by atoms with Crippen molar-refractivity contribution in [2.45, 2.75) is 253 Å². The molecule has 672 valence electrons. The minimum atomic E-state index is -0.572. The molecule has 2 amide bonds. The van der Waals surface area contributed by atoms with Gasteiger partial charge in [-0.1, -0.05) is 231 Å². The van der Waals surface area contributed by atoms with Crippen LogP contribution in [0, 0.1) is 17.8 Å². The molecule has 0 radical (unpaired) electrons. The highest BCUT2D eigenvalue weighted by molar-refractivity contribution is 6.31. The van der Waals surface area contributed by atoms with Crippen LogP contribution in [0.4, 0.5) is 44.6 Å². The third-order valence-corrected chi connectivity index (χ3v) is 23.9. The third kappa shape index (κ3) is 34.4. The Morgan fingerprint density at radius 1 is 0.312 bits per heavy atom. The number of rotatable bonds is 31. The molecular formula is C103H133Cl2N7O13. The van der Waals surface area contributed by atoms with Crippen molar-refractivity contribution in [2.75, 3.05) is 77.4 Å². The summed E-state index contributed by atoms with van der Waals surface area (Å²) in [5.41, 5.74) is 15.9. The van der Waals surface area contributed by atoms with Crippen LogP contribution in [0.25, 0.3) is 0 Å². The minimum Gasteiger partial charge on any atom is -0.462 e. The van der Waals surface area contributed by atoms with Crippen LogP contribution in [0.2, 0.25) is 10.0 Å². The van der Waals surface area contributed by atoms with E-state index in [1.165, 1.54) is 171 Å². The highest BCUT2D eigenvalue weighted by Crippen LogP contribution is 2.36. The van der Waals surface area contributed by atoms with Gasteiger partial charge in [-0.25, -0.2) is 28.8 Å². The lowest BCUT2D eigenvalue weighted by Gasteiger charge is -2.25. The number of anilines is 7. The first-order chi connectivity index (χ1) is 60.8. The summed E-state index contributed by atoms with van der Waals surface area (Å²) in [6.07, 6.45) is 34.5. The lowest BCUT2D eigenvalue weighted by Crippen LogP contribution is -2.23. The molecule has 0 aromatic heterocycles. The van der Waals surface area contributed by atoms with Gasteiger partial charge in [0.2, 0.25) is 5.91 Å². The van der Waals surface area contributed by atoms with Gasteiger partial charge in [-0.05, 0) is 228 Å². The van der Waals surface area contributed by atoms with Gasteiger partial charge in [0.05, 0.1) is 90.7 Å². The quantitative estimate of drug-likeness (QED) is 0.0157. The average molecular weight is 1750 g/mol. The molecule has 5 aliphatic rings. The van der Waals surface area contributed by atoms with E-state index >= 15 is 0 Å². The van der Waals surface area contributed by atoms with Crippen molar-refractivity contribution in [1.82, 2.24) is 0 Å². The van der Waals surface area contributed by atoms with E-state index in [-0.39, 0.29) is 29.8 Å². The zero-order valence-corrected chi connectivity index (χ0v) is 76.1. The molecule has 7 N–H and O–H groups in total. The van der Waals surface area contributed by atoms with Crippen LogP contribution in [0.1, 0.15) is 287 Å². The molecule has 8 aromatic carbocycles. The van der Waals surface area contributed by atoms with Crippen molar-refractivity contribution in [1.29, 1.82) is 0 Å². The fraction of sp³-hybridized carbons (Fsp3) is 0.466. The summed E-state index contributed by atoms with van der Waals surface area (Å²) in [5.74, 6) is 0.496. The molecule has 22 heteroatoms. The van der Waals surface area contributed by atoms with E-state index in [1.807, 2.05) is 112 Å². The van der Waals surface area contributed by atoms with Crippen LogP contribution in [0.5, 0.6) is 0 Å². The summed E-state index contributed by atoms with van der Waals surface area (Å²) in [4.78, 5) is 83.1. The number of carbonyl (C=O) groups is 7. The van der Waals surface area contributed by atoms with Crippen LogP contribution in [-0.2, 0) is 72.1 Å². The van der Waals surface area contributed by atoms with Gasteiger partial charge in [0, 0.05) is 65.7 Å². The van der Waals surface area contributed by atoms with Gasteiger partial charge in [-0.2, -0.15) is 0 Å². The molecule has 20 nitrogen and oxygen atoms in total. The number of benzene rings is 8. The summed E-state index contributed by atoms with van der Waals surface area (Å²) in [6.45, 7) is 14.4. The molecule has 0 unspecified atom stereocenters. The molecule has 125 heavy (non-hydrogen) atoms. The molecule has 5 aliphatic carbocycles. The van der Waals surface area contributed by atoms with E-state index < -0.39 is 12.1 Å². The SMILES string of the molecule is CCOC(=O)c1ccc(CC2CCCCC2)c(NCc2ccc(Cl)cc2)c1.CCOC(=O)c1ccc(CC2CCCCC2)c(NCc2cccc(Cl)c2)c1.CCOC(=O)c1ccc(CC2CCCCC2)c(NCc2ccccc2)c1.CCOC(=O)c1ccc(NC2CCCCC2)c(NC(=O)OC)c1.CCOC(=O)c1ccc(NC2CCCCC2)c(NC(C)=O)c1. The normalized spacial score (nSPS) is 14.9.